The first-order valence-corrected chi connectivity index (χ1v) is 9.77. The van der Waals surface area contributed by atoms with Crippen LogP contribution in [0, 0.1) is 0 Å². The Labute approximate surface area is 167 Å². The molecule has 0 unspecified atom stereocenters. The zero-order valence-corrected chi connectivity index (χ0v) is 16.4. The summed E-state index contributed by atoms with van der Waals surface area (Å²) in [5, 5.41) is 2.31. The molecule has 2 aromatic heterocycles. The molecule has 27 heavy (non-hydrogen) atoms. The van der Waals surface area contributed by atoms with Crippen molar-refractivity contribution in [3.8, 4) is 16.9 Å². The van der Waals surface area contributed by atoms with Gasteiger partial charge in [0.05, 0.1) is 11.7 Å². The number of aromatic nitrogens is 2. The molecule has 0 saturated carbocycles. The average molecular weight is 441 g/mol. The number of hydrogen-bond donors (Lipinski definition) is 0. The predicted molar refractivity (Wildman–Crippen MR) is 109 cm³/mol. The van der Waals surface area contributed by atoms with Gasteiger partial charge in [-0.25, -0.2) is 9.78 Å². The Bertz CT molecular complexity index is 1160. The third kappa shape index (κ3) is 3.84. The maximum atomic E-state index is 12.3. The molecule has 0 spiro atoms. The Kier molecular flexibility index (Phi) is 4.87. The van der Waals surface area contributed by atoms with Crippen molar-refractivity contribution in [2.24, 2.45) is 0 Å². The van der Waals surface area contributed by atoms with E-state index < -0.39 is 5.97 Å². The average Bonchev–Trinajstić information content (AvgIpc) is 3.15. The van der Waals surface area contributed by atoms with Crippen LogP contribution in [0.2, 0.25) is 0 Å². The summed E-state index contributed by atoms with van der Waals surface area (Å²) >= 11 is 4.80. The number of nitrogens with zero attached hydrogens (tertiary/aromatic N) is 2. The van der Waals surface area contributed by atoms with Gasteiger partial charge in [0, 0.05) is 4.47 Å². The second kappa shape index (κ2) is 7.46. The number of halogens is 1. The number of esters is 1. The minimum absolute atomic E-state index is 0.188. The van der Waals surface area contributed by atoms with Crippen LogP contribution in [0.5, 0.6) is 5.75 Å². The molecule has 0 bridgehead atoms. The SMILES string of the molecule is O=C(Cn1cnc2sccc2c1=O)Oc1ccc(-c2ccc(Br)cc2)cc1. The predicted octanol–water partition coefficient (Wildman–Crippen LogP) is 4.49. The van der Waals surface area contributed by atoms with Gasteiger partial charge in [0.15, 0.2) is 0 Å². The lowest BCUT2D eigenvalue weighted by Crippen LogP contribution is -2.26. The first-order valence-electron chi connectivity index (χ1n) is 8.09. The van der Waals surface area contributed by atoms with E-state index >= 15 is 0 Å². The van der Waals surface area contributed by atoms with Crippen LogP contribution < -0.4 is 10.3 Å². The van der Waals surface area contributed by atoms with E-state index in [1.54, 1.807) is 23.6 Å². The number of benzene rings is 2. The maximum Gasteiger partial charge on any atom is 0.331 e. The fourth-order valence-electron chi connectivity index (χ4n) is 2.67. The highest BCUT2D eigenvalue weighted by atomic mass is 79.9. The van der Waals surface area contributed by atoms with Crippen LogP contribution >= 0.6 is 27.3 Å². The van der Waals surface area contributed by atoms with Crippen LogP contribution in [0.25, 0.3) is 21.3 Å². The molecule has 134 valence electrons. The molecule has 0 amide bonds. The molecule has 0 atom stereocenters. The Morgan fingerprint density at radius 3 is 2.41 bits per heavy atom. The number of hydrogen-bond acceptors (Lipinski definition) is 5. The third-order valence-corrected chi connectivity index (χ3v) is 5.36. The van der Waals surface area contributed by atoms with Crippen LogP contribution in [0.4, 0.5) is 0 Å². The third-order valence-electron chi connectivity index (χ3n) is 4.01. The van der Waals surface area contributed by atoms with Gasteiger partial charge < -0.3 is 4.74 Å². The van der Waals surface area contributed by atoms with Crippen LogP contribution in [0.1, 0.15) is 0 Å². The number of rotatable bonds is 4. The van der Waals surface area contributed by atoms with Gasteiger partial charge in [-0.3, -0.25) is 9.36 Å². The molecule has 0 aliphatic rings. The van der Waals surface area contributed by atoms with Gasteiger partial charge in [0.1, 0.15) is 17.1 Å². The number of thiophene rings is 1. The van der Waals surface area contributed by atoms with Crippen molar-refractivity contribution in [3.05, 3.63) is 81.1 Å². The van der Waals surface area contributed by atoms with E-state index in [-0.39, 0.29) is 12.1 Å². The first kappa shape index (κ1) is 17.6. The van der Waals surface area contributed by atoms with Crippen molar-refractivity contribution in [2.45, 2.75) is 6.54 Å². The molecule has 5 nitrogen and oxygen atoms in total. The Hall–Kier alpha value is -2.77. The number of carbonyl (C=O) groups is 1. The van der Waals surface area contributed by atoms with Crippen molar-refractivity contribution in [1.82, 2.24) is 9.55 Å². The van der Waals surface area contributed by atoms with E-state index in [1.165, 1.54) is 22.2 Å². The summed E-state index contributed by atoms with van der Waals surface area (Å²) in [5.41, 5.74) is 1.84. The lowest BCUT2D eigenvalue weighted by atomic mass is 10.1. The zero-order valence-electron chi connectivity index (χ0n) is 14.0. The summed E-state index contributed by atoms with van der Waals surface area (Å²) in [7, 11) is 0. The molecule has 0 N–H and O–H groups in total. The highest BCUT2D eigenvalue weighted by Gasteiger charge is 2.11. The van der Waals surface area contributed by atoms with Crippen molar-refractivity contribution in [1.29, 1.82) is 0 Å². The van der Waals surface area contributed by atoms with Gasteiger partial charge in [-0.2, -0.15) is 0 Å². The fraction of sp³-hybridized carbons (Fsp3) is 0.0500. The van der Waals surface area contributed by atoms with Crippen LogP contribution in [-0.2, 0) is 11.3 Å². The van der Waals surface area contributed by atoms with E-state index in [2.05, 4.69) is 20.9 Å². The molecule has 2 aromatic carbocycles. The second-order valence-electron chi connectivity index (χ2n) is 5.82. The van der Waals surface area contributed by atoms with Crippen LogP contribution in [-0.4, -0.2) is 15.5 Å². The van der Waals surface area contributed by atoms with E-state index in [4.69, 9.17) is 4.74 Å². The normalized spacial score (nSPS) is 10.9. The minimum Gasteiger partial charge on any atom is -0.425 e. The summed E-state index contributed by atoms with van der Waals surface area (Å²) in [4.78, 5) is 29.4. The van der Waals surface area contributed by atoms with Crippen molar-refractivity contribution < 1.29 is 9.53 Å². The molecule has 7 heteroatoms. The number of fused-ring (bicyclic) bond motifs is 1. The van der Waals surface area contributed by atoms with E-state index in [9.17, 15) is 9.59 Å². The topological polar surface area (TPSA) is 61.2 Å². The van der Waals surface area contributed by atoms with Gasteiger partial charge in [-0.15, -0.1) is 11.3 Å². The van der Waals surface area contributed by atoms with Crippen LogP contribution in [0.3, 0.4) is 0 Å². The molecular weight excluding hydrogens is 428 g/mol. The highest BCUT2D eigenvalue weighted by Crippen LogP contribution is 2.24. The molecular formula is C20H13BrN2O3S. The van der Waals surface area contributed by atoms with Gasteiger partial charge in [0.25, 0.3) is 5.56 Å². The quantitative estimate of drug-likeness (QED) is 0.346. The summed E-state index contributed by atoms with van der Waals surface area (Å²) in [6, 6.07) is 16.9. The van der Waals surface area contributed by atoms with E-state index in [1.807, 2.05) is 36.4 Å². The Morgan fingerprint density at radius 1 is 1.04 bits per heavy atom. The molecule has 0 aliphatic heterocycles. The summed E-state index contributed by atoms with van der Waals surface area (Å²) in [5.74, 6) is -0.0941. The molecule has 4 rings (SSSR count). The molecule has 0 aliphatic carbocycles. The largest absolute Gasteiger partial charge is 0.425 e. The zero-order chi connectivity index (χ0) is 18.8. The number of carbonyl (C=O) groups excluding carboxylic acids is 1. The molecule has 2 heterocycles. The molecule has 0 radical (unpaired) electrons. The van der Waals surface area contributed by atoms with Gasteiger partial charge in [-0.05, 0) is 46.8 Å². The maximum absolute atomic E-state index is 12.3. The fourth-order valence-corrected chi connectivity index (χ4v) is 3.65. The standard InChI is InChI=1S/C20H13BrN2O3S/c21-15-5-1-13(2-6-15)14-3-7-16(8-4-14)26-18(24)11-23-12-22-19-17(20(23)25)9-10-27-19/h1-10,12H,11H2. The van der Waals surface area contributed by atoms with Gasteiger partial charge in [-0.1, -0.05) is 40.2 Å². The van der Waals surface area contributed by atoms with E-state index in [0.717, 1.165) is 15.6 Å². The monoisotopic (exact) mass is 440 g/mol. The first-order chi connectivity index (χ1) is 13.1. The van der Waals surface area contributed by atoms with Crippen LogP contribution in [0.15, 0.2) is 75.6 Å². The highest BCUT2D eigenvalue weighted by molar-refractivity contribution is 9.10. The lowest BCUT2D eigenvalue weighted by molar-refractivity contribution is -0.135. The Balaban J connectivity index is 1.46. The Morgan fingerprint density at radius 2 is 1.70 bits per heavy atom. The van der Waals surface area contributed by atoms with Gasteiger partial charge >= 0.3 is 5.97 Å². The molecule has 4 aromatic rings. The minimum atomic E-state index is -0.523. The van der Waals surface area contributed by atoms with Crippen molar-refractivity contribution in [3.63, 3.8) is 0 Å². The lowest BCUT2D eigenvalue weighted by Gasteiger charge is -2.07. The number of ether oxygens (including phenoxy) is 1. The van der Waals surface area contributed by atoms with E-state index in [0.29, 0.717) is 16.0 Å². The summed E-state index contributed by atoms with van der Waals surface area (Å²) in [6.07, 6.45) is 1.37. The smallest absolute Gasteiger partial charge is 0.331 e. The summed E-state index contributed by atoms with van der Waals surface area (Å²) in [6.45, 7) is -0.188. The molecule has 0 fully saturated rings. The van der Waals surface area contributed by atoms with Crippen molar-refractivity contribution in [2.75, 3.05) is 0 Å². The van der Waals surface area contributed by atoms with Crippen molar-refractivity contribution >= 4 is 43.5 Å². The summed E-state index contributed by atoms with van der Waals surface area (Å²) < 4.78 is 7.62. The molecule has 0 saturated heterocycles. The van der Waals surface area contributed by atoms with Gasteiger partial charge in [0.2, 0.25) is 0 Å². The second-order valence-corrected chi connectivity index (χ2v) is 7.63.